The maximum Gasteiger partial charge on any atom is 0.174 e. The lowest BCUT2D eigenvalue weighted by atomic mass is 9.96. The van der Waals surface area contributed by atoms with Crippen molar-refractivity contribution in [2.75, 3.05) is 4.90 Å². The van der Waals surface area contributed by atoms with Crippen LogP contribution in [0.3, 0.4) is 0 Å². The molecule has 3 aromatic heterocycles. The van der Waals surface area contributed by atoms with Crippen LogP contribution in [-0.2, 0) is 0 Å². The first-order chi connectivity index (χ1) is 15.5. The number of rotatable bonds is 4. The number of thiocarbonyl (C=S) groups is 1. The minimum atomic E-state index is -0.0664. The minimum Gasteiger partial charge on any atom is -0.351 e. The van der Waals surface area contributed by atoms with Gasteiger partial charge in [-0.05, 0) is 86.6 Å². The Balaban J connectivity index is 1.68. The molecule has 0 saturated carbocycles. The molecular formula is C26H25N5S. The van der Waals surface area contributed by atoms with Gasteiger partial charge >= 0.3 is 0 Å². The van der Waals surface area contributed by atoms with E-state index in [0.29, 0.717) is 5.11 Å². The van der Waals surface area contributed by atoms with Gasteiger partial charge < -0.3 is 14.8 Å². The van der Waals surface area contributed by atoms with Crippen LogP contribution in [0.5, 0.6) is 0 Å². The molecule has 4 aromatic rings. The van der Waals surface area contributed by atoms with Gasteiger partial charge in [0.1, 0.15) is 5.82 Å². The molecule has 1 aliphatic rings. The van der Waals surface area contributed by atoms with Crippen molar-refractivity contribution in [2.24, 2.45) is 0 Å². The van der Waals surface area contributed by atoms with Gasteiger partial charge in [-0.3, -0.25) is 4.98 Å². The Labute approximate surface area is 193 Å². The monoisotopic (exact) mass is 439 g/mol. The first kappa shape index (κ1) is 20.4. The Morgan fingerprint density at radius 1 is 0.875 bits per heavy atom. The SMILES string of the molecule is Cc1ccnc(-n2c(C)cc(C3C(c4ccccn4)NC(=S)N3c3ccccc3)c2C)c1. The Bertz CT molecular complexity index is 1270. The van der Waals surface area contributed by atoms with Crippen LogP contribution in [0.25, 0.3) is 5.82 Å². The van der Waals surface area contributed by atoms with Gasteiger partial charge in [-0.25, -0.2) is 4.98 Å². The smallest absolute Gasteiger partial charge is 0.174 e. The van der Waals surface area contributed by atoms with Crippen molar-refractivity contribution < 1.29 is 0 Å². The van der Waals surface area contributed by atoms with Crippen LogP contribution in [0.2, 0.25) is 0 Å². The van der Waals surface area contributed by atoms with Gasteiger partial charge in [0.05, 0.1) is 17.8 Å². The molecule has 1 aliphatic heterocycles. The van der Waals surface area contributed by atoms with Crippen molar-refractivity contribution in [2.45, 2.75) is 32.9 Å². The van der Waals surface area contributed by atoms with E-state index in [1.54, 1.807) is 0 Å². The summed E-state index contributed by atoms with van der Waals surface area (Å²) in [5, 5.41) is 4.25. The lowest BCUT2D eigenvalue weighted by Crippen LogP contribution is -2.29. The zero-order valence-corrected chi connectivity index (χ0v) is 19.2. The fraction of sp³-hybridized carbons (Fsp3) is 0.192. The second-order valence-corrected chi connectivity index (χ2v) is 8.57. The Morgan fingerprint density at radius 3 is 2.38 bits per heavy atom. The molecule has 6 heteroatoms. The summed E-state index contributed by atoms with van der Waals surface area (Å²) in [6.07, 6.45) is 3.70. The van der Waals surface area contributed by atoms with Gasteiger partial charge in [-0.2, -0.15) is 0 Å². The maximum atomic E-state index is 5.84. The maximum absolute atomic E-state index is 5.84. The van der Waals surface area contributed by atoms with Crippen LogP contribution in [-0.4, -0.2) is 19.6 Å². The molecule has 0 aliphatic carbocycles. The highest BCUT2D eigenvalue weighted by Gasteiger charge is 2.42. The Kier molecular flexibility index (Phi) is 5.23. The van der Waals surface area contributed by atoms with Gasteiger partial charge in [0.25, 0.3) is 0 Å². The highest BCUT2D eigenvalue weighted by atomic mass is 32.1. The molecule has 4 heterocycles. The van der Waals surface area contributed by atoms with E-state index in [9.17, 15) is 0 Å². The quantitative estimate of drug-likeness (QED) is 0.433. The number of para-hydroxylation sites is 1. The average molecular weight is 440 g/mol. The lowest BCUT2D eigenvalue weighted by Gasteiger charge is -2.28. The zero-order chi connectivity index (χ0) is 22.2. The van der Waals surface area contributed by atoms with E-state index in [2.05, 4.69) is 75.9 Å². The summed E-state index contributed by atoms with van der Waals surface area (Å²) in [7, 11) is 0. The van der Waals surface area contributed by atoms with Crippen molar-refractivity contribution in [3.05, 3.63) is 107 Å². The number of nitrogens with zero attached hydrogens (tertiary/aromatic N) is 4. The molecule has 2 atom stereocenters. The number of nitrogens with one attached hydrogen (secondary N) is 1. The normalized spacial score (nSPS) is 18.1. The molecule has 5 nitrogen and oxygen atoms in total. The summed E-state index contributed by atoms with van der Waals surface area (Å²) in [4.78, 5) is 11.5. The first-order valence-corrected chi connectivity index (χ1v) is 11.1. The van der Waals surface area contributed by atoms with Crippen molar-refractivity contribution in [3.8, 4) is 5.82 Å². The number of pyridine rings is 2. The topological polar surface area (TPSA) is 46.0 Å². The molecule has 1 N–H and O–H groups in total. The molecule has 2 unspecified atom stereocenters. The first-order valence-electron chi connectivity index (χ1n) is 10.7. The zero-order valence-electron chi connectivity index (χ0n) is 18.4. The fourth-order valence-corrected chi connectivity index (χ4v) is 4.97. The molecule has 1 saturated heterocycles. The van der Waals surface area contributed by atoms with E-state index in [1.165, 1.54) is 11.1 Å². The lowest BCUT2D eigenvalue weighted by molar-refractivity contribution is 0.565. The van der Waals surface area contributed by atoms with Gasteiger partial charge in [0, 0.05) is 29.5 Å². The predicted molar refractivity (Wildman–Crippen MR) is 132 cm³/mol. The van der Waals surface area contributed by atoms with Crippen LogP contribution in [0.1, 0.15) is 40.3 Å². The van der Waals surface area contributed by atoms with Crippen molar-refractivity contribution >= 4 is 23.0 Å². The van der Waals surface area contributed by atoms with E-state index in [0.717, 1.165) is 28.6 Å². The summed E-state index contributed by atoms with van der Waals surface area (Å²) in [5.74, 6) is 0.931. The average Bonchev–Trinajstić information content (AvgIpc) is 3.30. The molecule has 160 valence electrons. The van der Waals surface area contributed by atoms with Gasteiger partial charge in [0.2, 0.25) is 0 Å². The number of hydrogen-bond donors (Lipinski definition) is 1. The standard InChI is InChI=1S/C26H25N5S/c1-17-12-14-28-23(15-17)30-18(2)16-21(19(30)3)25-24(22-11-7-8-13-27-22)29-26(32)31(25)20-9-5-4-6-10-20/h4-16,24-25H,1-3H3,(H,29,32). The van der Waals surface area contributed by atoms with E-state index in [1.807, 2.05) is 48.8 Å². The van der Waals surface area contributed by atoms with Crippen molar-refractivity contribution in [1.82, 2.24) is 19.9 Å². The van der Waals surface area contributed by atoms with Crippen LogP contribution < -0.4 is 10.2 Å². The number of benzene rings is 1. The molecular weight excluding hydrogens is 414 g/mol. The number of anilines is 1. The third-order valence-corrected chi connectivity index (χ3v) is 6.37. The summed E-state index contributed by atoms with van der Waals surface area (Å²) in [6, 6.07) is 22.6. The Hall–Kier alpha value is -3.51. The van der Waals surface area contributed by atoms with Crippen molar-refractivity contribution in [3.63, 3.8) is 0 Å². The molecule has 32 heavy (non-hydrogen) atoms. The van der Waals surface area contributed by atoms with Gasteiger partial charge in [-0.1, -0.05) is 24.3 Å². The third-order valence-electron chi connectivity index (χ3n) is 6.05. The predicted octanol–water partition coefficient (Wildman–Crippen LogP) is 5.37. The molecule has 0 amide bonds. The van der Waals surface area contributed by atoms with E-state index in [4.69, 9.17) is 12.2 Å². The molecule has 1 fully saturated rings. The molecule has 5 rings (SSSR count). The van der Waals surface area contributed by atoms with Crippen LogP contribution >= 0.6 is 12.2 Å². The van der Waals surface area contributed by atoms with E-state index < -0.39 is 0 Å². The number of aryl methyl sites for hydroxylation is 2. The Morgan fingerprint density at radius 2 is 1.66 bits per heavy atom. The second-order valence-electron chi connectivity index (χ2n) is 8.19. The highest BCUT2D eigenvalue weighted by molar-refractivity contribution is 7.80. The van der Waals surface area contributed by atoms with E-state index in [-0.39, 0.29) is 12.1 Å². The van der Waals surface area contributed by atoms with Crippen molar-refractivity contribution in [1.29, 1.82) is 0 Å². The summed E-state index contributed by atoms with van der Waals surface area (Å²) < 4.78 is 2.22. The molecule has 0 radical (unpaired) electrons. The van der Waals surface area contributed by atoms with E-state index >= 15 is 0 Å². The van der Waals surface area contributed by atoms with Crippen LogP contribution in [0.15, 0.2) is 79.1 Å². The van der Waals surface area contributed by atoms with Gasteiger partial charge in [0.15, 0.2) is 5.11 Å². The molecule has 0 spiro atoms. The molecule has 0 bridgehead atoms. The number of hydrogen-bond acceptors (Lipinski definition) is 3. The largest absolute Gasteiger partial charge is 0.351 e. The van der Waals surface area contributed by atoms with Crippen LogP contribution in [0.4, 0.5) is 5.69 Å². The number of aromatic nitrogens is 3. The second kappa shape index (κ2) is 8.20. The summed E-state index contributed by atoms with van der Waals surface area (Å²) in [6.45, 7) is 6.38. The third kappa shape index (κ3) is 3.46. The fourth-order valence-electron chi connectivity index (χ4n) is 4.62. The van der Waals surface area contributed by atoms with Crippen LogP contribution in [0, 0.1) is 20.8 Å². The van der Waals surface area contributed by atoms with Gasteiger partial charge in [-0.15, -0.1) is 0 Å². The summed E-state index contributed by atoms with van der Waals surface area (Å²) in [5.41, 5.74) is 6.71. The summed E-state index contributed by atoms with van der Waals surface area (Å²) >= 11 is 5.84. The molecule has 1 aromatic carbocycles. The minimum absolute atomic E-state index is 0.0374. The highest BCUT2D eigenvalue weighted by Crippen LogP contribution is 2.43.